The van der Waals surface area contributed by atoms with Gasteiger partial charge in [-0.1, -0.05) is 12.8 Å². The summed E-state index contributed by atoms with van der Waals surface area (Å²) in [6.45, 7) is 0.804. The number of hydrogen-bond acceptors (Lipinski definition) is 4. The van der Waals surface area contributed by atoms with Crippen LogP contribution < -0.4 is 0 Å². The minimum Gasteiger partial charge on any atom is -0.367 e. The van der Waals surface area contributed by atoms with Crippen LogP contribution in [0.2, 0.25) is 0 Å². The molecule has 0 saturated carbocycles. The fourth-order valence-electron chi connectivity index (χ4n) is 1.01. The van der Waals surface area contributed by atoms with Crippen molar-refractivity contribution < 1.29 is 18.4 Å². The van der Waals surface area contributed by atoms with Crippen LogP contribution in [0, 0.1) is 0 Å². The van der Waals surface area contributed by atoms with E-state index in [0.717, 1.165) is 25.7 Å². The van der Waals surface area contributed by atoms with E-state index in [0.29, 0.717) is 13.2 Å². The predicted octanol–water partition coefficient (Wildman–Crippen LogP) is 0.0138. The quantitative estimate of drug-likeness (QED) is 0.513. The highest BCUT2D eigenvalue weighted by Gasteiger charge is 2.36. The van der Waals surface area contributed by atoms with Gasteiger partial charge in [-0.3, -0.25) is 0 Å². The van der Waals surface area contributed by atoms with E-state index < -0.39 is 9.05 Å². The van der Waals surface area contributed by atoms with E-state index in [9.17, 15) is 0 Å². The molecule has 0 radical (unpaired) electrons. The van der Waals surface area contributed by atoms with Crippen molar-refractivity contribution in [3.8, 4) is 0 Å². The summed E-state index contributed by atoms with van der Waals surface area (Å²) in [7, 11) is -3.71. The molecule has 0 spiro atoms. The molecule has 1 aliphatic heterocycles. The lowest BCUT2D eigenvalue weighted by molar-refractivity contribution is 0.0268. The standard InChI is InChI=1S/C6H14O4Si/c7-11(8)9-5-3-1-2-4-6-10-11/h7-8H,1-6H2. The first-order chi connectivity index (χ1) is 5.21. The molecule has 0 bridgehead atoms. The molecule has 0 aromatic carbocycles. The fraction of sp³-hybridized carbons (Fsp3) is 1.00. The first-order valence-corrected chi connectivity index (χ1v) is 5.64. The van der Waals surface area contributed by atoms with Crippen molar-refractivity contribution in [2.45, 2.75) is 25.7 Å². The lowest BCUT2D eigenvalue weighted by Gasteiger charge is -2.14. The molecule has 66 valence electrons. The largest absolute Gasteiger partial charge is 0.674 e. The van der Waals surface area contributed by atoms with Crippen LogP contribution in [0.25, 0.3) is 0 Å². The summed E-state index contributed by atoms with van der Waals surface area (Å²) in [6, 6.07) is 0. The Morgan fingerprint density at radius 2 is 1.27 bits per heavy atom. The maximum absolute atomic E-state index is 9.05. The Balaban J connectivity index is 2.31. The van der Waals surface area contributed by atoms with Crippen LogP contribution in [-0.4, -0.2) is 31.9 Å². The molecule has 1 saturated heterocycles. The molecule has 0 unspecified atom stereocenters. The molecule has 0 aliphatic carbocycles. The van der Waals surface area contributed by atoms with Crippen LogP contribution in [0.5, 0.6) is 0 Å². The van der Waals surface area contributed by atoms with Crippen molar-refractivity contribution in [2.75, 3.05) is 13.2 Å². The summed E-state index contributed by atoms with van der Waals surface area (Å²) in [5.41, 5.74) is 0. The summed E-state index contributed by atoms with van der Waals surface area (Å²) in [4.78, 5) is 18.1. The van der Waals surface area contributed by atoms with Crippen LogP contribution in [-0.2, 0) is 8.85 Å². The van der Waals surface area contributed by atoms with Gasteiger partial charge in [-0.25, -0.2) is 0 Å². The second-order valence-corrected chi connectivity index (χ2v) is 4.33. The van der Waals surface area contributed by atoms with Crippen LogP contribution in [0.3, 0.4) is 0 Å². The zero-order chi connectivity index (χ0) is 8.16. The highest BCUT2D eigenvalue weighted by molar-refractivity contribution is 6.50. The van der Waals surface area contributed by atoms with E-state index in [1.54, 1.807) is 0 Å². The normalized spacial score (nSPS) is 26.7. The summed E-state index contributed by atoms with van der Waals surface area (Å²) in [5.74, 6) is 0. The molecule has 2 N–H and O–H groups in total. The third-order valence-electron chi connectivity index (χ3n) is 1.62. The van der Waals surface area contributed by atoms with Gasteiger partial charge in [0.25, 0.3) is 0 Å². The Kier molecular flexibility index (Phi) is 3.47. The van der Waals surface area contributed by atoms with E-state index >= 15 is 0 Å². The average molecular weight is 178 g/mol. The van der Waals surface area contributed by atoms with Gasteiger partial charge >= 0.3 is 9.05 Å². The highest BCUT2D eigenvalue weighted by Crippen LogP contribution is 2.08. The Morgan fingerprint density at radius 1 is 0.818 bits per heavy atom. The molecule has 11 heavy (non-hydrogen) atoms. The van der Waals surface area contributed by atoms with Crippen LogP contribution >= 0.6 is 0 Å². The molecule has 4 nitrogen and oxygen atoms in total. The molecule has 1 rings (SSSR count). The summed E-state index contributed by atoms with van der Waals surface area (Å²) < 4.78 is 9.56. The van der Waals surface area contributed by atoms with Crippen LogP contribution in [0.15, 0.2) is 0 Å². The van der Waals surface area contributed by atoms with Crippen molar-refractivity contribution in [1.82, 2.24) is 0 Å². The zero-order valence-electron chi connectivity index (χ0n) is 6.45. The van der Waals surface area contributed by atoms with Gasteiger partial charge in [0.1, 0.15) is 0 Å². The summed E-state index contributed by atoms with van der Waals surface area (Å²) in [5, 5.41) is 0. The van der Waals surface area contributed by atoms with Crippen molar-refractivity contribution in [2.24, 2.45) is 0 Å². The van der Waals surface area contributed by atoms with Crippen molar-refractivity contribution in [3.05, 3.63) is 0 Å². The SMILES string of the molecule is O[Si]1(O)OCCCCCCO1. The van der Waals surface area contributed by atoms with Gasteiger partial charge in [0.15, 0.2) is 0 Å². The van der Waals surface area contributed by atoms with Crippen LogP contribution in [0.1, 0.15) is 25.7 Å². The Labute approximate surface area is 67.2 Å². The van der Waals surface area contributed by atoms with Gasteiger partial charge in [0.2, 0.25) is 0 Å². The summed E-state index contributed by atoms with van der Waals surface area (Å²) in [6.07, 6.45) is 3.93. The molecule has 1 heterocycles. The zero-order valence-corrected chi connectivity index (χ0v) is 7.45. The molecule has 1 aliphatic rings. The number of rotatable bonds is 0. The second-order valence-electron chi connectivity index (χ2n) is 2.66. The molecular formula is C6H14O4Si. The van der Waals surface area contributed by atoms with Crippen molar-refractivity contribution in [1.29, 1.82) is 0 Å². The molecule has 1 fully saturated rings. The maximum Gasteiger partial charge on any atom is 0.674 e. The smallest absolute Gasteiger partial charge is 0.367 e. The van der Waals surface area contributed by atoms with Gasteiger partial charge in [-0.2, -0.15) is 0 Å². The highest BCUT2D eigenvalue weighted by atomic mass is 28.4. The van der Waals surface area contributed by atoms with Crippen molar-refractivity contribution in [3.63, 3.8) is 0 Å². The third-order valence-corrected chi connectivity index (χ3v) is 2.78. The predicted molar refractivity (Wildman–Crippen MR) is 40.6 cm³/mol. The van der Waals surface area contributed by atoms with Gasteiger partial charge in [-0.05, 0) is 12.8 Å². The van der Waals surface area contributed by atoms with Gasteiger partial charge < -0.3 is 18.4 Å². The third kappa shape index (κ3) is 3.83. The van der Waals surface area contributed by atoms with Gasteiger partial charge in [0, 0.05) is 13.2 Å². The molecule has 0 aromatic rings. The van der Waals surface area contributed by atoms with E-state index in [4.69, 9.17) is 18.4 Å². The number of hydrogen-bond donors (Lipinski definition) is 2. The minimum atomic E-state index is -3.71. The van der Waals surface area contributed by atoms with E-state index in [1.165, 1.54) is 0 Å². The lowest BCUT2D eigenvalue weighted by atomic mass is 10.2. The maximum atomic E-state index is 9.05. The molecule has 0 amide bonds. The van der Waals surface area contributed by atoms with E-state index in [-0.39, 0.29) is 0 Å². The Morgan fingerprint density at radius 3 is 1.73 bits per heavy atom. The topological polar surface area (TPSA) is 58.9 Å². The Hall–Kier alpha value is 0.0569. The van der Waals surface area contributed by atoms with Gasteiger partial charge in [0.05, 0.1) is 0 Å². The molecular weight excluding hydrogens is 164 g/mol. The fourth-order valence-corrected chi connectivity index (χ4v) is 1.91. The summed E-state index contributed by atoms with van der Waals surface area (Å²) >= 11 is 0. The molecule has 5 heteroatoms. The first kappa shape index (κ1) is 9.15. The first-order valence-electron chi connectivity index (χ1n) is 3.93. The lowest BCUT2D eigenvalue weighted by Crippen LogP contribution is -2.43. The van der Waals surface area contributed by atoms with Crippen molar-refractivity contribution >= 4 is 9.05 Å². The van der Waals surface area contributed by atoms with Crippen LogP contribution in [0.4, 0.5) is 0 Å². The van der Waals surface area contributed by atoms with E-state index in [2.05, 4.69) is 0 Å². The van der Waals surface area contributed by atoms with Gasteiger partial charge in [-0.15, -0.1) is 0 Å². The monoisotopic (exact) mass is 178 g/mol. The second kappa shape index (κ2) is 4.17. The molecule has 0 atom stereocenters. The van der Waals surface area contributed by atoms with E-state index in [1.807, 2.05) is 0 Å². The molecule has 0 aromatic heterocycles. The minimum absolute atomic E-state index is 0.402. The Bertz CT molecular complexity index is 105. The average Bonchev–Trinajstić information content (AvgIpc) is 2.00.